The normalized spacial score (nSPS) is 26.4. The molecular weight excluding hydrogens is 502 g/mol. The first kappa shape index (κ1) is 31.4. The third-order valence-corrected chi connectivity index (χ3v) is 6.01. The summed E-state index contributed by atoms with van der Waals surface area (Å²) in [5, 5.41) is 34.4. The average molecular weight is 542 g/mol. The van der Waals surface area contributed by atoms with Crippen LogP contribution in [0.1, 0.15) is 40.2 Å². The number of alkyl carbamates (subject to hydrolysis) is 1. The highest BCUT2D eigenvalue weighted by molar-refractivity contribution is 5.81. The van der Waals surface area contributed by atoms with E-state index in [4.69, 9.17) is 23.7 Å². The summed E-state index contributed by atoms with van der Waals surface area (Å²) in [6, 6.07) is 7.80. The maximum Gasteiger partial charge on any atom is 0.408 e. The van der Waals surface area contributed by atoms with Crippen LogP contribution < -0.4 is 5.32 Å². The van der Waals surface area contributed by atoms with Gasteiger partial charge in [0.25, 0.3) is 0 Å². The van der Waals surface area contributed by atoms with E-state index in [0.29, 0.717) is 0 Å². The molecule has 1 saturated carbocycles. The van der Waals surface area contributed by atoms with Gasteiger partial charge in [0, 0.05) is 7.11 Å². The van der Waals surface area contributed by atoms with Gasteiger partial charge in [0.05, 0.1) is 5.41 Å². The molecule has 0 radical (unpaired) electrons. The van der Waals surface area contributed by atoms with E-state index in [9.17, 15) is 29.7 Å². The zero-order valence-electron chi connectivity index (χ0n) is 22.5. The van der Waals surface area contributed by atoms with Crippen LogP contribution >= 0.6 is 0 Å². The molecule has 2 rings (SSSR count). The highest BCUT2D eigenvalue weighted by atomic mass is 16.7. The molecule has 214 valence electrons. The van der Waals surface area contributed by atoms with Crippen LogP contribution in [0.2, 0.25) is 0 Å². The molecule has 1 aliphatic carbocycles. The van der Waals surface area contributed by atoms with E-state index in [1.807, 2.05) is 6.07 Å². The third-order valence-electron chi connectivity index (χ3n) is 6.01. The Kier molecular flexibility index (Phi) is 11.5. The number of carbonyl (C=O) groups excluding carboxylic acids is 3. The van der Waals surface area contributed by atoms with Crippen molar-refractivity contribution in [3.8, 4) is 0 Å². The second kappa shape index (κ2) is 13.9. The minimum Gasteiger partial charge on any atom is -0.455 e. The van der Waals surface area contributed by atoms with Gasteiger partial charge in [0.15, 0.2) is 12.9 Å². The van der Waals surface area contributed by atoms with E-state index < -0.39 is 78.8 Å². The van der Waals surface area contributed by atoms with Crippen LogP contribution in [-0.4, -0.2) is 89.9 Å². The lowest BCUT2D eigenvalue weighted by Crippen LogP contribution is -2.66. The smallest absolute Gasteiger partial charge is 0.408 e. The lowest BCUT2D eigenvalue weighted by atomic mass is 9.84. The maximum absolute atomic E-state index is 13.1. The van der Waals surface area contributed by atoms with Crippen LogP contribution in [0, 0.1) is 11.3 Å². The summed E-state index contributed by atoms with van der Waals surface area (Å²) < 4.78 is 26.2. The Bertz CT molecular complexity index is 918. The van der Waals surface area contributed by atoms with Crippen molar-refractivity contribution in [2.24, 2.45) is 11.3 Å². The van der Waals surface area contributed by atoms with Gasteiger partial charge < -0.3 is 44.3 Å². The molecule has 0 spiro atoms. The lowest BCUT2D eigenvalue weighted by molar-refractivity contribution is -0.261. The first-order valence-electron chi connectivity index (χ1n) is 12.3. The molecule has 0 aliphatic heterocycles. The molecule has 0 heterocycles. The summed E-state index contributed by atoms with van der Waals surface area (Å²) in [5.41, 5.74) is -0.0566. The zero-order valence-corrected chi connectivity index (χ0v) is 22.5. The molecule has 7 atom stereocenters. The molecule has 0 bridgehead atoms. The third kappa shape index (κ3) is 8.37. The summed E-state index contributed by atoms with van der Waals surface area (Å²) in [6.45, 7) is 7.62. The quantitative estimate of drug-likeness (QED) is 0.188. The number of aliphatic hydroxyl groups excluding tert-OH is 3. The maximum atomic E-state index is 13.1. The Labute approximate surface area is 222 Å². The van der Waals surface area contributed by atoms with Crippen molar-refractivity contribution in [2.75, 3.05) is 13.9 Å². The number of methoxy groups -OCH3 is 1. The largest absolute Gasteiger partial charge is 0.455 e. The molecule has 1 fully saturated rings. The van der Waals surface area contributed by atoms with E-state index in [1.165, 1.54) is 7.11 Å². The molecule has 12 nitrogen and oxygen atoms in total. The number of ether oxygens (including phenoxy) is 5. The van der Waals surface area contributed by atoms with Crippen LogP contribution in [0.3, 0.4) is 0 Å². The van der Waals surface area contributed by atoms with Gasteiger partial charge in [0.2, 0.25) is 0 Å². The second-order valence-electron chi connectivity index (χ2n) is 10.4. The Hall–Kier alpha value is -2.77. The fourth-order valence-corrected chi connectivity index (χ4v) is 3.75. The molecule has 0 aromatic heterocycles. The SMILES string of the molecule is COC1C(O)C(O)C(OCOC(=O)C(C)(C)C)C(O)C1OC(=O)[C@@H](NC(=O)OCc1ccccc1)C(C)C. The predicted molar refractivity (Wildman–Crippen MR) is 132 cm³/mol. The van der Waals surface area contributed by atoms with Gasteiger partial charge in [-0.1, -0.05) is 44.2 Å². The second-order valence-corrected chi connectivity index (χ2v) is 10.4. The van der Waals surface area contributed by atoms with E-state index in [2.05, 4.69) is 5.32 Å². The monoisotopic (exact) mass is 541 g/mol. The van der Waals surface area contributed by atoms with E-state index >= 15 is 0 Å². The Morgan fingerprint density at radius 2 is 1.53 bits per heavy atom. The number of carbonyl (C=O) groups is 3. The fraction of sp³-hybridized carbons (Fsp3) is 0.654. The summed E-state index contributed by atoms with van der Waals surface area (Å²) in [7, 11) is 1.21. The molecule has 1 aliphatic rings. The zero-order chi connectivity index (χ0) is 28.6. The van der Waals surface area contributed by atoms with Gasteiger partial charge in [0.1, 0.15) is 43.2 Å². The van der Waals surface area contributed by atoms with Crippen LogP contribution in [0.4, 0.5) is 4.79 Å². The first-order chi connectivity index (χ1) is 17.8. The molecule has 38 heavy (non-hydrogen) atoms. The number of amides is 1. The number of rotatable bonds is 10. The van der Waals surface area contributed by atoms with Gasteiger partial charge in [-0.05, 0) is 32.3 Å². The molecule has 12 heteroatoms. The fourth-order valence-electron chi connectivity index (χ4n) is 3.75. The number of hydrogen-bond donors (Lipinski definition) is 4. The van der Waals surface area contributed by atoms with Gasteiger partial charge in [-0.3, -0.25) is 4.79 Å². The van der Waals surface area contributed by atoms with Crippen molar-refractivity contribution in [1.82, 2.24) is 5.32 Å². The molecule has 1 amide bonds. The molecule has 4 N–H and O–H groups in total. The van der Waals surface area contributed by atoms with Gasteiger partial charge >= 0.3 is 18.0 Å². The van der Waals surface area contributed by atoms with E-state index in [-0.39, 0.29) is 6.61 Å². The number of benzene rings is 1. The van der Waals surface area contributed by atoms with Crippen molar-refractivity contribution in [1.29, 1.82) is 0 Å². The van der Waals surface area contributed by atoms with Crippen molar-refractivity contribution in [2.45, 2.75) is 83.9 Å². The summed E-state index contributed by atoms with van der Waals surface area (Å²) in [4.78, 5) is 37.4. The number of nitrogens with one attached hydrogen (secondary N) is 1. The van der Waals surface area contributed by atoms with Crippen LogP contribution in [0.5, 0.6) is 0 Å². The van der Waals surface area contributed by atoms with Crippen LogP contribution in [0.15, 0.2) is 30.3 Å². The van der Waals surface area contributed by atoms with E-state index in [0.717, 1.165) is 5.56 Å². The molecule has 1 aromatic carbocycles. The predicted octanol–water partition coefficient (Wildman–Crippen LogP) is 0.893. The first-order valence-corrected chi connectivity index (χ1v) is 12.3. The van der Waals surface area contributed by atoms with Gasteiger partial charge in [-0.15, -0.1) is 0 Å². The number of hydrogen-bond acceptors (Lipinski definition) is 11. The highest BCUT2D eigenvalue weighted by Gasteiger charge is 2.53. The van der Waals surface area contributed by atoms with Crippen molar-refractivity contribution >= 4 is 18.0 Å². The summed E-state index contributed by atoms with van der Waals surface area (Å²) >= 11 is 0. The average Bonchev–Trinajstić information content (AvgIpc) is 2.86. The number of esters is 2. The summed E-state index contributed by atoms with van der Waals surface area (Å²) in [6.07, 6.45) is -10.1. The van der Waals surface area contributed by atoms with Crippen molar-refractivity contribution in [3.63, 3.8) is 0 Å². The Balaban J connectivity index is 2.08. The van der Waals surface area contributed by atoms with Gasteiger partial charge in [-0.2, -0.15) is 0 Å². The van der Waals surface area contributed by atoms with Crippen LogP contribution in [-0.2, 0) is 39.9 Å². The minimum atomic E-state index is -1.67. The van der Waals surface area contributed by atoms with E-state index in [1.54, 1.807) is 58.9 Å². The topological polar surface area (TPSA) is 170 Å². The highest BCUT2D eigenvalue weighted by Crippen LogP contribution is 2.29. The molecule has 6 unspecified atom stereocenters. The summed E-state index contributed by atoms with van der Waals surface area (Å²) in [5.74, 6) is -1.95. The molecule has 0 saturated heterocycles. The molecular formula is C26H39NO11. The molecule has 1 aromatic rings. The Morgan fingerprint density at radius 1 is 0.921 bits per heavy atom. The minimum absolute atomic E-state index is 0.0114. The van der Waals surface area contributed by atoms with Crippen molar-refractivity contribution < 1.29 is 53.4 Å². The van der Waals surface area contributed by atoms with Crippen molar-refractivity contribution in [3.05, 3.63) is 35.9 Å². The number of aliphatic hydroxyl groups is 3. The van der Waals surface area contributed by atoms with Gasteiger partial charge in [-0.25, -0.2) is 9.59 Å². The standard InChI is InChI=1S/C26H39NO11/c1-14(2)16(27-25(33)35-12-15-10-8-7-9-11-15)23(31)38-22-19(30)20(17(28)18(29)21(22)34-6)36-13-37-24(32)26(3,4)5/h7-11,14,16-22,28-30H,12-13H2,1-6H3,(H,27,33)/t16-,17?,18?,19?,20?,21?,22?/m0/s1. The van der Waals surface area contributed by atoms with Crippen LogP contribution in [0.25, 0.3) is 0 Å². The Morgan fingerprint density at radius 3 is 2.08 bits per heavy atom. The lowest BCUT2D eigenvalue weighted by Gasteiger charge is -2.44.